The predicted molar refractivity (Wildman–Crippen MR) is 272 cm³/mol. The molecule has 0 spiro atoms. The number of hydrogen-bond acceptors (Lipinski definition) is 12. The van der Waals surface area contributed by atoms with Gasteiger partial charge in [0.05, 0.1) is 32.8 Å². The molecule has 0 radical (unpaired) electrons. The van der Waals surface area contributed by atoms with Crippen molar-refractivity contribution in [1.29, 1.82) is 0 Å². The third-order valence-corrected chi connectivity index (χ3v) is 23.8. The first kappa shape index (κ1) is 55.8. The number of fused-ring (bicyclic) bond motifs is 2. The van der Waals surface area contributed by atoms with Crippen LogP contribution in [0, 0.1) is 0 Å². The van der Waals surface area contributed by atoms with Gasteiger partial charge in [0, 0.05) is 18.5 Å². The predicted octanol–water partition coefficient (Wildman–Crippen LogP) is 11.3. The van der Waals surface area contributed by atoms with Crippen molar-refractivity contribution in [1.82, 2.24) is 24.8 Å². The molecule has 15 nitrogen and oxygen atoms in total. The van der Waals surface area contributed by atoms with E-state index >= 15 is 0 Å². The summed E-state index contributed by atoms with van der Waals surface area (Å²) in [6.07, 6.45) is 19.2. The molecule has 5 rings (SSSR count). The summed E-state index contributed by atoms with van der Waals surface area (Å²) in [5, 5.41) is 5.89. The lowest BCUT2D eigenvalue weighted by Crippen LogP contribution is -2.66. The summed E-state index contributed by atoms with van der Waals surface area (Å²) in [6, 6.07) is 8.95. The van der Waals surface area contributed by atoms with Gasteiger partial charge in [0.15, 0.2) is 23.2 Å². The van der Waals surface area contributed by atoms with Crippen molar-refractivity contribution in [2.45, 2.75) is 205 Å². The average molecular weight is 983 g/mol. The van der Waals surface area contributed by atoms with Gasteiger partial charge in [-0.05, 0) is 40.7 Å². The Hall–Kier alpha value is -3.14. The molecule has 0 bridgehead atoms. The van der Waals surface area contributed by atoms with Crippen LogP contribution < -0.4 is 10.6 Å². The summed E-state index contributed by atoms with van der Waals surface area (Å²) >= 11 is 0. The summed E-state index contributed by atoms with van der Waals surface area (Å²) in [5.74, 6) is 0.0425. The van der Waals surface area contributed by atoms with Crippen LogP contribution in [0.5, 0.6) is 0 Å². The maximum Gasteiger partial charge on any atom is 0.335 e. The first-order valence-electron chi connectivity index (χ1n) is 26.1. The first-order valence-corrected chi connectivity index (χ1v) is 30.0. The van der Waals surface area contributed by atoms with Crippen molar-refractivity contribution in [3.05, 3.63) is 48.5 Å². The van der Waals surface area contributed by atoms with Crippen LogP contribution in [0.3, 0.4) is 0 Å². The average Bonchev–Trinajstić information content (AvgIpc) is 3.89. The molecule has 0 aliphatic carbocycles. The summed E-state index contributed by atoms with van der Waals surface area (Å²) < 4.78 is 49.2. The van der Waals surface area contributed by atoms with Crippen LogP contribution in [-0.2, 0) is 36.7 Å². The zero-order chi connectivity index (χ0) is 48.9. The fraction of sp³-hybridized carbons (Fsp3) is 0.745. The van der Waals surface area contributed by atoms with E-state index in [0.717, 1.165) is 12.8 Å². The van der Waals surface area contributed by atoms with Crippen LogP contribution >= 0.6 is 0 Å². The number of nitrogens with one attached hydrogen (secondary N) is 2. The third-order valence-electron chi connectivity index (χ3n) is 13.6. The molecule has 2 aliphatic heterocycles. The number of benzene rings is 1. The topological polar surface area (TPSA) is 166 Å². The molecule has 3 aromatic rings. The number of aromatic nitrogens is 4. The number of nitrogens with zero attached hydrogens (tertiary/aromatic N) is 4. The van der Waals surface area contributed by atoms with Gasteiger partial charge in [0.2, 0.25) is 5.91 Å². The van der Waals surface area contributed by atoms with E-state index in [1.54, 1.807) is 18.5 Å². The Labute approximate surface area is 409 Å². The van der Waals surface area contributed by atoms with Gasteiger partial charge in [-0.1, -0.05) is 164 Å². The molecule has 17 heteroatoms. The van der Waals surface area contributed by atoms with E-state index in [4.69, 9.17) is 31.9 Å². The number of rotatable bonds is 31. The van der Waals surface area contributed by atoms with Crippen molar-refractivity contribution in [3.63, 3.8) is 0 Å². The third kappa shape index (κ3) is 15.4. The molecular formula is C51H86N6O9Si2. The zero-order valence-corrected chi connectivity index (χ0v) is 45.0. The lowest BCUT2D eigenvalue weighted by atomic mass is 10.0. The zero-order valence-electron chi connectivity index (χ0n) is 43.0. The highest BCUT2D eigenvalue weighted by atomic mass is 28.5. The molecule has 68 heavy (non-hydrogen) atoms. The molecular weight excluding hydrogens is 897 g/mol. The Morgan fingerprint density at radius 1 is 0.750 bits per heavy atom. The van der Waals surface area contributed by atoms with Crippen LogP contribution in [0.2, 0.25) is 22.2 Å². The smallest absolute Gasteiger partial charge is 0.335 e. The van der Waals surface area contributed by atoms with E-state index < -0.39 is 41.7 Å². The minimum absolute atomic E-state index is 0.0628. The Morgan fingerprint density at radius 2 is 1.35 bits per heavy atom. The van der Waals surface area contributed by atoms with Crippen molar-refractivity contribution in [2.75, 3.05) is 45.1 Å². The van der Waals surface area contributed by atoms with Crippen molar-refractivity contribution < 1.29 is 41.5 Å². The standard InChI is InChI=1S/C51H86N6O9Si2/c1-10-11-12-13-14-15-16-17-18-19-20-21-22-26-29-44(58)52-30-31-60-32-33-61-37-62-47-46-43(34-63-67(38(2)3,39(4)5)66-68(65-46,40(6)7)41(8)9)64-51(47)57-36-55-45-48(53-35-54-49(45)57)56-50(59)42-27-24-23-25-28-42/h23-25,27-28,35-36,38-41,43,46-47,51H,10-22,26,29-34,37H2,1-9H3,(H,52,58)(H,53,54,56,59)/t43-,46?,47+,51-/m1/s1. The molecule has 1 unspecified atom stereocenters. The Bertz CT molecular complexity index is 1910. The maximum atomic E-state index is 13.2. The Morgan fingerprint density at radius 3 is 1.97 bits per heavy atom. The van der Waals surface area contributed by atoms with E-state index in [0.29, 0.717) is 42.9 Å². The summed E-state index contributed by atoms with van der Waals surface area (Å²) in [7, 11) is -5.90. The van der Waals surface area contributed by atoms with Gasteiger partial charge in [-0.2, -0.15) is 0 Å². The van der Waals surface area contributed by atoms with Crippen molar-refractivity contribution >= 4 is 45.9 Å². The van der Waals surface area contributed by atoms with Crippen molar-refractivity contribution in [3.8, 4) is 0 Å². The molecule has 0 saturated carbocycles. The van der Waals surface area contributed by atoms with Gasteiger partial charge in [-0.15, -0.1) is 0 Å². The van der Waals surface area contributed by atoms with Crippen LogP contribution in [0.25, 0.3) is 11.2 Å². The summed E-state index contributed by atoms with van der Waals surface area (Å²) in [6.45, 7) is 21.5. The summed E-state index contributed by atoms with van der Waals surface area (Å²) in [5.41, 5.74) is 1.88. The highest BCUT2D eigenvalue weighted by Gasteiger charge is 2.62. The van der Waals surface area contributed by atoms with E-state index in [9.17, 15) is 9.59 Å². The second-order valence-corrected chi connectivity index (χ2v) is 28.8. The number of amides is 2. The molecule has 2 aliphatic rings. The van der Waals surface area contributed by atoms with Gasteiger partial charge in [-0.3, -0.25) is 14.2 Å². The van der Waals surface area contributed by atoms with Gasteiger partial charge in [-0.25, -0.2) is 15.0 Å². The minimum atomic E-state index is -3.05. The van der Waals surface area contributed by atoms with Gasteiger partial charge < -0.3 is 42.5 Å². The highest BCUT2D eigenvalue weighted by molar-refractivity contribution is 6.84. The van der Waals surface area contributed by atoms with Gasteiger partial charge in [0.25, 0.3) is 5.91 Å². The first-order chi connectivity index (χ1) is 32.8. The molecule has 4 atom stereocenters. The molecule has 2 fully saturated rings. The quantitative estimate of drug-likeness (QED) is 0.0356. The second-order valence-electron chi connectivity index (χ2n) is 20.0. The number of hydrogen-bond donors (Lipinski definition) is 2. The number of carbonyl (C=O) groups excluding carboxylic acids is 2. The molecule has 2 saturated heterocycles. The van der Waals surface area contributed by atoms with Gasteiger partial charge in [0.1, 0.15) is 31.4 Å². The number of imidazole rings is 1. The molecule has 1 aromatic carbocycles. The van der Waals surface area contributed by atoms with Crippen LogP contribution in [0.15, 0.2) is 43.0 Å². The monoisotopic (exact) mass is 983 g/mol. The maximum absolute atomic E-state index is 13.2. The number of unbranched alkanes of at least 4 members (excludes halogenated alkanes) is 13. The van der Waals surface area contributed by atoms with E-state index in [1.807, 2.05) is 22.8 Å². The van der Waals surface area contributed by atoms with Gasteiger partial charge >= 0.3 is 17.1 Å². The van der Waals surface area contributed by atoms with Crippen molar-refractivity contribution in [2.24, 2.45) is 0 Å². The molecule has 2 N–H and O–H groups in total. The number of carbonyl (C=O) groups is 2. The normalized spacial score (nSPS) is 20.3. The minimum Gasteiger partial charge on any atom is -0.414 e. The van der Waals surface area contributed by atoms with E-state index in [2.05, 4.69) is 87.9 Å². The SMILES string of the molecule is CCCCCCCCCCCCCCCCC(=O)NCCOCCOCO[C@H]1C2O[Si](C(C)C)(C(C)C)O[Si](C(C)C)(C(C)C)OC[C@H]2O[C@H]1n1cnc2c(NC(=O)c3ccccc3)ncnc21. The molecule has 382 valence electrons. The fourth-order valence-electron chi connectivity index (χ4n) is 9.66. The lowest BCUT2D eigenvalue weighted by molar-refractivity contribution is -0.143. The van der Waals surface area contributed by atoms with E-state index in [-0.39, 0.29) is 59.8 Å². The van der Waals surface area contributed by atoms with Crippen LogP contribution in [0.4, 0.5) is 5.82 Å². The van der Waals surface area contributed by atoms with Crippen LogP contribution in [0.1, 0.15) is 175 Å². The molecule has 4 heterocycles. The fourth-order valence-corrected chi connectivity index (χ4v) is 20.9. The summed E-state index contributed by atoms with van der Waals surface area (Å²) in [4.78, 5) is 39.3. The van der Waals surface area contributed by atoms with Crippen LogP contribution in [-0.4, -0.2) is 107 Å². The lowest BCUT2D eigenvalue weighted by Gasteiger charge is -2.51. The number of anilines is 1. The number of ether oxygens (including phenoxy) is 4. The molecule has 2 aromatic heterocycles. The highest BCUT2D eigenvalue weighted by Crippen LogP contribution is 2.49. The second kappa shape index (κ2) is 28.6. The Kier molecular flexibility index (Phi) is 23.5. The largest absolute Gasteiger partial charge is 0.414 e. The molecule has 2 amide bonds. The Balaban J connectivity index is 1.14. The van der Waals surface area contributed by atoms with E-state index in [1.165, 1.54) is 83.4 Å².